The number of aliphatic hydroxyl groups excluding tert-OH is 1. The number of allylic oxidation sites excluding steroid dienone is 1. The number of halogens is 1. The van der Waals surface area contributed by atoms with E-state index in [1.165, 1.54) is 11.3 Å². The molecule has 29 heavy (non-hydrogen) atoms. The summed E-state index contributed by atoms with van der Waals surface area (Å²) in [7, 11) is 0. The molecule has 1 atom stereocenters. The van der Waals surface area contributed by atoms with Gasteiger partial charge >= 0.3 is 0 Å². The van der Waals surface area contributed by atoms with Crippen molar-refractivity contribution in [3.05, 3.63) is 64.3 Å². The van der Waals surface area contributed by atoms with Gasteiger partial charge in [0, 0.05) is 10.6 Å². The lowest BCUT2D eigenvalue weighted by atomic mass is 10.2. The van der Waals surface area contributed by atoms with Crippen LogP contribution >= 0.6 is 34.7 Å². The summed E-state index contributed by atoms with van der Waals surface area (Å²) in [5.41, 5.74) is 1.63. The van der Waals surface area contributed by atoms with Crippen molar-refractivity contribution in [2.24, 2.45) is 0 Å². The van der Waals surface area contributed by atoms with Crippen LogP contribution in [0, 0.1) is 11.3 Å². The van der Waals surface area contributed by atoms with Gasteiger partial charge in [0.1, 0.15) is 22.4 Å². The van der Waals surface area contributed by atoms with Crippen molar-refractivity contribution >= 4 is 50.5 Å². The zero-order valence-corrected chi connectivity index (χ0v) is 17.4. The summed E-state index contributed by atoms with van der Waals surface area (Å²) in [5.74, 6) is 0.247. The summed E-state index contributed by atoms with van der Waals surface area (Å²) in [6.07, 6.45) is 0. The Hall–Kier alpha value is -2.86. The maximum absolute atomic E-state index is 10.7. The monoisotopic (exact) mass is 440 g/mol. The van der Waals surface area contributed by atoms with Gasteiger partial charge in [0.25, 0.3) is 5.22 Å². The average molecular weight is 441 g/mol. The van der Waals surface area contributed by atoms with Gasteiger partial charge in [0.15, 0.2) is 0 Å². The average Bonchev–Trinajstić information content (AvgIpc) is 3.35. The summed E-state index contributed by atoms with van der Waals surface area (Å²) in [4.78, 5) is 4.45. The number of para-hydroxylation sites is 1. The molecule has 0 amide bonds. The fraction of sp³-hybridized carbons (Fsp3) is 0.100. The lowest BCUT2D eigenvalue weighted by Crippen LogP contribution is -2.04. The number of aromatic nitrogens is 3. The predicted octanol–water partition coefficient (Wildman–Crippen LogP) is 5.97. The first kappa shape index (κ1) is 19.5. The second-order valence-electron chi connectivity index (χ2n) is 6.00. The smallest absolute Gasteiger partial charge is 0.277 e. The number of thioether (sulfide) groups is 1. The van der Waals surface area contributed by atoms with E-state index in [-0.39, 0.29) is 16.6 Å². The molecule has 6 nitrogen and oxygen atoms in total. The molecule has 0 aliphatic rings. The third-order valence-corrected chi connectivity index (χ3v) is 6.25. The van der Waals surface area contributed by atoms with Crippen molar-refractivity contribution in [3.8, 4) is 17.5 Å². The molecule has 2 heterocycles. The minimum atomic E-state index is -0.482. The summed E-state index contributed by atoms with van der Waals surface area (Å²) < 4.78 is 6.62. The first-order chi connectivity index (χ1) is 14.0. The fourth-order valence-corrected chi connectivity index (χ4v) is 4.51. The Bertz CT molecular complexity index is 1230. The van der Waals surface area contributed by atoms with Gasteiger partial charge < -0.3 is 9.52 Å². The standard InChI is InChI=1S/C20H13ClN4O2S2/c1-11(28-20-25-24-18(27-20)12-5-4-6-13(21)9-12)17(26)14(10-22)19-23-15-7-2-3-8-16(15)29-19/h2-9,11,26H,1H3/b17-14-. The summed E-state index contributed by atoms with van der Waals surface area (Å²) >= 11 is 8.52. The molecular formula is C20H13ClN4O2S2. The number of benzene rings is 2. The lowest BCUT2D eigenvalue weighted by molar-refractivity contribution is 0.400. The predicted molar refractivity (Wildman–Crippen MR) is 115 cm³/mol. The molecule has 0 spiro atoms. The Morgan fingerprint density at radius 2 is 2.07 bits per heavy atom. The van der Waals surface area contributed by atoms with Crippen LogP contribution in [0.15, 0.2) is 63.9 Å². The number of nitrogens with zero attached hydrogens (tertiary/aromatic N) is 4. The zero-order valence-electron chi connectivity index (χ0n) is 15.0. The molecule has 0 saturated carbocycles. The van der Waals surface area contributed by atoms with Crippen molar-refractivity contribution in [1.82, 2.24) is 15.2 Å². The highest BCUT2D eigenvalue weighted by Gasteiger charge is 2.21. The van der Waals surface area contributed by atoms with Gasteiger partial charge in [-0.25, -0.2) is 4.98 Å². The third-order valence-electron chi connectivity index (χ3n) is 4.02. The molecule has 144 valence electrons. The van der Waals surface area contributed by atoms with Crippen molar-refractivity contribution < 1.29 is 9.52 Å². The first-order valence-corrected chi connectivity index (χ1v) is 10.6. The Labute approximate surface area is 179 Å². The van der Waals surface area contributed by atoms with Crippen LogP contribution in [0.1, 0.15) is 11.9 Å². The van der Waals surface area contributed by atoms with Gasteiger partial charge in [-0.05, 0) is 37.3 Å². The highest BCUT2D eigenvalue weighted by atomic mass is 35.5. The summed E-state index contributed by atoms with van der Waals surface area (Å²) in [6, 6.07) is 16.7. The number of hydrogen-bond acceptors (Lipinski definition) is 8. The molecule has 0 saturated heterocycles. The molecule has 0 bridgehead atoms. The number of hydrogen-bond donors (Lipinski definition) is 1. The molecule has 0 aliphatic carbocycles. The summed E-state index contributed by atoms with van der Waals surface area (Å²) in [6.45, 7) is 1.76. The number of nitriles is 1. The van der Waals surface area contributed by atoms with Gasteiger partial charge in [-0.2, -0.15) is 5.26 Å². The molecule has 0 fully saturated rings. The van der Waals surface area contributed by atoms with Crippen LogP contribution in [0.5, 0.6) is 0 Å². The van der Waals surface area contributed by atoms with Gasteiger partial charge in [-0.3, -0.25) is 0 Å². The quantitative estimate of drug-likeness (QED) is 0.232. The van der Waals surface area contributed by atoms with E-state index < -0.39 is 5.25 Å². The van der Waals surface area contributed by atoms with Crippen LogP contribution in [0.3, 0.4) is 0 Å². The molecule has 0 radical (unpaired) electrons. The van der Waals surface area contributed by atoms with Crippen LogP contribution in [0.4, 0.5) is 0 Å². The minimum Gasteiger partial charge on any atom is -0.510 e. The molecule has 2 aromatic carbocycles. The maximum Gasteiger partial charge on any atom is 0.277 e. The van der Waals surface area contributed by atoms with Crippen LogP contribution in [-0.2, 0) is 0 Å². The topological polar surface area (TPSA) is 95.8 Å². The van der Waals surface area contributed by atoms with Gasteiger partial charge in [0.05, 0.1) is 15.5 Å². The minimum absolute atomic E-state index is 0.0842. The number of fused-ring (bicyclic) bond motifs is 1. The van der Waals surface area contributed by atoms with E-state index in [1.807, 2.05) is 30.3 Å². The largest absolute Gasteiger partial charge is 0.510 e. The Morgan fingerprint density at radius 3 is 2.83 bits per heavy atom. The zero-order chi connectivity index (χ0) is 20.4. The molecule has 4 aromatic rings. The second kappa shape index (κ2) is 8.25. The molecule has 1 unspecified atom stereocenters. The maximum atomic E-state index is 10.7. The Morgan fingerprint density at radius 1 is 1.24 bits per heavy atom. The Kier molecular flexibility index (Phi) is 5.53. The van der Waals surface area contributed by atoms with E-state index >= 15 is 0 Å². The summed E-state index contributed by atoms with van der Waals surface area (Å²) in [5, 5.41) is 29.1. The SMILES string of the molecule is CC(Sc1nnc(-c2cccc(Cl)c2)o1)/C(O)=C(\C#N)c1nc2ccccc2s1. The molecular weight excluding hydrogens is 428 g/mol. The number of aliphatic hydroxyl groups is 1. The van der Waals surface area contributed by atoms with E-state index in [4.69, 9.17) is 16.0 Å². The number of thiazole rings is 1. The van der Waals surface area contributed by atoms with E-state index in [0.29, 0.717) is 21.5 Å². The molecule has 2 aromatic heterocycles. The van der Waals surface area contributed by atoms with E-state index in [2.05, 4.69) is 21.3 Å². The van der Waals surface area contributed by atoms with Gasteiger partial charge in [0.2, 0.25) is 5.89 Å². The van der Waals surface area contributed by atoms with Crippen LogP contribution in [0.2, 0.25) is 5.02 Å². The highest BCUT2D eigenvalue weighted by molar-refractivity contribution is 7.99. The van der Waals surface area contributed by atoms with Crippen LogP contribution in [0.25, 0.3) is 27.2 Å². The van der Waals surface area contributed by atoms with Gasteiger partial charge in [-0.15, -0.1) is 21.5 Å². The second-order valence-corrected chi connectivity index (χ2v) is 8.76. The van der Waals surface area contributed by atoms with E-state index in [0.717, 1.165) is 22.0 Å². The third kappa shape index (κ3) is 4.12. The fourth-order valence-electron chi connectivity index (χ4n) is 2.60. The van der Waals surface area contributed by atoms with E-state index in [9.17, 15) is 10.4 Å². The molecule has 9 heteroatoms. The van der Waals surface area contributed by atoms with Crippen molar-refractivity contribution in [2.75, 3.05) is 0 Å². The normalized spacial score (nSPS) is 13.1. The Balaban J connectivity index is 1.58. The van der Waals surface area contributed by atoms with E-state index in [1.54, 1.807) is 25.1 Å². The van der Waals surface area contributed by atoms with Gasteiger partial charge in [-0.1, -0.05) is 41.6 Å². The number of rotatable bonds is 5. The molecule has 1 N–H and O–H groups in total. The van der Waals surface area contributed by atoms with Crippen LogP contribution < -0.4 is 0 Å². The van der Waals surface area contributed by atoms with Crippen molar-refractivity contribution in [2.45, 2.75) is 17.4 Å². The molecule has 0 aliphatic heterocycles. The lowest BCUT2D eigenvalue weighted by Gasteiger charge is -2.08. The molecule has 4 rings (SSSR count). The van der Waals surface area contributed by atoms with Crippen molar-refractivity contribution in [3.63, 3.8) is 0 Å². The van der Waals surface area contributed by atoms with Crippen molar-refractivity contribution in [1.29, 1.82) is 5.26 Å². The first-order valence-electron chi connectivity index (χ1n) is 8.50. The highest BCUT2D eigenvalue weighted by Crippen LogP contribution is 2.34. The van der Waals surface area contributed by atoms with Crippen LogP contribution in [-0.4, -0.2) is 25.5 Å².